The minimum absolute atomic E-state index is 0.0103. The molecule has 1 heterocycles. The number of nitrogens with zero attached hydrogens (tertiary/aromatic N) is 1. The summed E-state index contributed by atoms with van der Waals surface area (Å²) in [5, 5.41) is 2.90. The van der Waals surface area contributed by atoms with Gasteiger partial charge in [-0.3, -0.25) is 4.79 Å². The summed E-state index contributed by atoms with van der Waals surface area (Å²) in [5.74, 6) is 0.394. The van der Waals surface area contributed by atoms with Gasteiger partial charge in [-0.25, -0.2) is 8.42 Å². The van der Waals surface area contributed by atoms with Crippen LogP contribution in [0.3, 0.4) is 0 Å². The molecule has 1 saturated heterocycles. The average molecular weight is 387 g/mol. The fraction of sp³-hybridized carbons (Fsp3) is 0.381. The number of anilines is 1. The maximum absolute atomic E-state index is 12.8. The summed E-state index contributed by atoms with van der Waals surface area (Å²) >= 11 is 0. The lowest BCUT2D eigenvalue weighted by molar-refractivity contribution is -0.116. The molecule has 5 nitrogen and oxygen atoms in total. The summed E-state index contributed by atoms with van der Waals surface area (Å²) in [4.78, 5) is 12.5. The lowest BCUT2D eigenvalue weighted by atomic mass is 9.93. The van der Waals surface area contributed by atoms with Crippen molar-refractivity contribution in [1.82, 2.24) is 4.31 Å². The van der Waals surface area contributed by atoms with E-state index in [1.165, 1.54) is 0 Å². The molecular weight excluding hydrogens is 360 g/mol. The van der Waals surface area contributed by atoms with Crippen LogP contribution in [0.1, 0.15) is 31.2 Å². The molecule has 0 radical (unpaired) electrons. The van der Waals surface area contributed by atoms with E-state index in [1.54, 1.807) is 16.4 Å². The summed E-state index contributed by atoms with van der Waals surface area (Å²) in [6, 6.07) is 16.5. The van der Waals surface area contributed by atoms with Crippen molar-refractivity contribution >= 4 is 21.6 Å². The van der Waals surface area contributed by atoms with Crippen LogP contribution in [0.4, 0.5) is 5.69 Å². The molecule has 0 saturated carbocycles. The average Bonchev–Trinajstić information content (AvgIpc) is 2.68. The number of amides is 1. The van der Waals surface area contributed by atoms with Gasteiger partial charge in [-0.2, -0.15) is 4.31 Å². The summed E-state index contributed by atoms with van der Waals surface area (Å²) in [7, 11) is -3.43. The Balaban J connectivity index is 1.49. The third-order valence-corrected chi connectivity index (χ3v) is 7.18. The predicted octanol–water partition coefficient (Wildman–Crippen LogP) is 3.81. The van der Waals surface area contributed by atoms with Crippen molar-refractivity contribution in [3.8, 4) is 0 Å². The van der Waals surface area contributed by atoms with Crippen LogP contribution in [0.15, 0.2) is 59.5 Å². The van der Waals surface area contributed by atoms with Gasteiger partial charge in [-0.1, -0.05) is 36.4 Å². The van der Waals surface area contributed by atoms with Crippen molar-refractivity contribution in [1.29, 1.82) is 0 Å². The molecule has 2 aromatic carbocycles. The summed E-state index contributed by atoms with van der Waals surface area (Å²) in [5.41, 5.74) is 1.58. The van der Waals surface area contributed by atoms with E-state index in [1.807, 2.05) is 49.4 Å². The van der Waals surface area contributed by atoms with Gasteiger partial charge in [0.15, 0.2) is 0 Å². The summed E-state index contributed by atoms with van der Waals surface area (Å²) in [6.07, 6.45) is 2.84. The van der Waals surface area contributed by atoms with E-state index in [0.717, 1.165) is 30.5 Å². The molecule has 2 aromatic rings. The Kier molecular flexibility index (Phi) is 6.29. The Morgan fingerprint density at radius 2 is 1.67 bits per heavy atom. The second kappa shape index (κ2) is 8.67. The second-order valence-corrected chi connectivity index (χ2v) is 8.97. The molecular formula is C21H26N2O3S. The molecule has 0 aromatic heterocycles. The quantitative estimate of drug-likeness (QED) is 0.821. The number of carbonyl (C=O) groups is 1. The van der Waals surface area contributed by atoms with E-state index in [9.17, 15) is 13.2 Å². The first-order valence-electron chi connectivity index (χ1n) is 9.37. The largest absolute Gasteiger partial charge is 0.326 e. The molecule has 0 atom stereocenters. The van der Waals surface area contributed by atoms with Crippen LogP contribution in [0.2, 0.25) is 0 Å². The lowest BCUT2D eigenvalue weighted by Gasteiger charge is -2.31. The Morgan fingerprint density at radius 3 is 2.33 bits per heavy atom. The first kappa shape index (κ1) is 19.6. The summed E-state index contributed by atoms with van der Waals surface area (Å²) in [6.45, 7) is 2.86. The van der Waals surface area contributed by atoms with Crippen molar-refractivity contribution < 1.29 is 13.2 Å². The molecule has 0 spiro atoms. The molecule has 144 valence electrons. The van der Waals surface area contributed by atoms with Crippen molar-refractivity contribution in [3.63, 3.8) is 0 Å². The molecule has 0 bridgehead atoms. The minimum Gasteiger partial charge on any atom is -0.326 e. The van der Waals surface area contributed by atoms with Crippen LogP contribution in [0.5, 0.6) is 0 Å². The number of hydrogen-bond donors (Lipinski definition) is 1. The number of piperidine rings is 1. The Labute approximate surface area is 161 Å². The zero-order valence-corrected chi connectivity index (χ0v) is 16.4. The van der Waals surface area contributed by atoms with E-state index in [0.29, 0.717) is 30.3 Å². The number of aryl methyl sites for hydroxylation is 1. The van der Waals surface area contributed by atoms with Crippen molar-refractivity contribution in [2.75, 3.05) is 18.4 Å². The molecule has 1 aliphatic rings. The number of rotatable bonds is 6. The van der Waals surface area contributed by atoms with E-state index in [-0.39, 0.29) is 5.91 Å². The highest BCUT2D eigenvalue weighted by Crippen LogP contribution is 2.27. The molecule has 1 N–H and O–H groups in total. The van der Waals surface area contributed by atoms with Gasteiger partial charge >= 0.3 is 0 Å². The van der Waals surface area contributed by atoms with E-state index < -0.39 is 10.0 Å². The third kappa shape index (κ3) is 4.96. The van der Waals surface area contributed by atoms with Gasteiger partial charge in [0.2, 0.25) is 15.9 Å². The van der Waals surface area contributed by atoms with Crippen LogP contribution >= 0.6 is 0 Å². The number of sulfonamides is 1. The van der Waals surface area contributed by atoms with Crippen molar-refractivity contribution in [3.05, 3.63) is 60.2 Å². The van der Waals surface area contributed by atoms with Crippen molar-refractivity contribution in [2.45, 2.75) is 37.5 Å². The standard InChI is InChI=1S/C21H26N2O3S/c1-17-7-5-6-10-20(17)27(25,26)23-15-13-18(14-16-23)11-12-21(24)22-19-8-3-2-4-9-19/h2-10,18H,11-16H2,1H3,(H,22,24). The van der Waals surface area contributed by atoms with Crippen LogP contribution in [-0.2, 0) is 14.8 Å². The highest BCUT2D eigenvalue weighted by molar-refractivity contribution is 7.89. The molecule has 3 rings (SSSR count). The molecule has 1 aliphatic heterocycles. The van der Waals surface area contributed by atoms with E-state index in [4.69, 9.17) is 0 Å². The lowest BCUT2D eigenvalue weighted by Crippen LogP contribution is -2.38. The van der Waals surface area contributed by atoms with Gasteiger partial charge in [0.25, 0.3) is 0 Å². The Bertz CT molecular complexity index is 873. The van der Waals surface area contributed by atoms with Gasteiger partial charge in [0.1, 0.15) is 0 Å². The zero-order chi connectivity index (χ0) is 19.3. The van der Waals surface area contributed by atoms with Gasteiger partial charge in [-0.15, -0.1) is 0 Å². The monoisotopic (exact) mass is 386 g/mol. The number of benzene rings is 2. The van der Waals surface area contributed by atoms with Crippen LogP contribution < -0.4 is 5.32 Å². The van der Waals surface area contributed by atoms with Gasteiger partial charge < -0.3 is 5.32 Å². The number of carbonyl (C=O) groups excluding carboxylic acids is 1. The van der Waals surface area contributed by atoms with Gasteiger partial charge in [0, 0.05) is 25.2 Å². The number of nitrogens with one attached hydrogen (secondary N) is 1. The maximum Gasteiger partial charge on any atom is 0.243 e. The van der Waals surface area contributed by atoms with Crippen LogP contribution in [0, 0.1) is 12.8 Å². The minimum atomic E-state index is -3.43. The highest BCUT2D eigenvalue weighted by atomic mass is 32.2. The number of para-hydroxylation sites is 1. The predicted molar refractivity (Wildman–Crippen MR) is 107 cm³/mol. The Morgan fingerprint density at radius 1 is 1.04 bits per heavy atom. The van der Waals surface area contributed by atoms with Gasteiger partial charge in [0.05, 0.1) is 4.90 Å². The normalized spacial score (nSPS) is 16.2. The summed E-state index contributed by atoms with van der Waals surface area (Å²) < 4.78 is 27.3. The topological polar surface area (TPSA) is 66.5 Å². The fourth-order valence-electron chi connectivity index (χ4n) is 3.50. The van der Waals surface area contributed by atoms with E-state index in [2.05, 4.69) is 5.32 Å². The van der Waals surface area contributed by atoms with E-state index >= 15 is 0 Å². The molecule has 27 heavy (non-hydrogen) atoms. The SMILES string of the molecule is Cc1ccccc1S(=O)(=O)N1CCC(CCC(=O)Nc2ccccc2)CC1. The molecule has 1 amide bonds. The maximum atomic E-state index is 12.8. The smallest absolute Gasteiger partial charge is 0.243 e. The van der Waals surface area contributed by atoms with Crippen molar-refractivity contribution in [2.24, 2.45) is 5.92 Å². The third-order valence-electron chi connectivity index (χ3n) is 5.12. The van der Waals surface area contributed by atoms with Crippen LogP contribution in [-0.4, -0.2) is 31.7 Å². The highest BCUT2D eigenvalue weighted by Gasteiger charge is 2.30. The molecule has 1 fully saturated rings. The number of hydrogen-bond acceptors (Lipinski definition) is 3. The molecule has 6 heteroatoms. The zero-order valence-electron chi connectivity index (χ0n) is 15.6. The molecule has 0 unspecified atom stereocenters. The van der Waals surface area contributed by atoms with Gasteiger partial charge in [-0.05, 0) is 55.9 Å². The Hall–Kier alpha value is -2.18. The molecule has 0 aliphatic carbocycles. The van der Waals surface area contributed by atoms with Crippen LogP contribution in [0.25, 0.3) is 0 Å². The first-order valence-corrected chi connectivity index (χ1v) is 10.8. The second-order valence-electron chi connectivity index (χ2n) is 7.07. The first-order chi connectivity index (χ1) is 13.0. The fourth-order valence-corrected chi connectivity index (χ4v) is 5.20.